The average Bonchev–Trinajstić information content (AvgIpc) is 3.35. The lowest BCUT2D eigenvalue weighted by Crippen LogP contribution is -2.74. The van der Waals surface area contributed by atoms with Gasteiger partial charge in [-0.3, -0.25) is 29.3 Å². The molecule has 69 heavy (non-hydrogen) atoms. The molecule has 5 heterocycles. The molecule has 4 aliphatic heterocycles. The van der Waals surface area contributed by atoms with E-state index in [1.807, 2.05) is 30.3 Å². The molecular formula is C53H60ClN9O6. The van der Waals surface area contributed by atoms with Crippen molar-refractivity contribution in [3.63, 3.8) is 0 Å². The number of carbonyl (C=O) groups is 4. The van der Waals surface area contributed by atoms with Crippen LogP contribution < -0.4 is 25.8 Å². The first kappa shape index (κ1) is 47.8. The number of benzene rings is 3. The highest BCUT2D eigenvalue weighted by atomic mass is 35.5. The van der Waals surface area contributed by atoms with E-state index in [1.165, 1.54) is 0 Å². The van der Waals surface area contributed by atoms with E-state index in [1.54, 1.807) is 30.3 Å². The molecule has 2 N–H and O–H groups in total. The molecule has 1 unspecified atom stereocenters. The van der Waals surface area contributed by atoms with Crippen LogP contribution in [0.2, 0.25) is 5.02 Å². The van der Waals surface area contributed by atoms with E-state index < -0.39 is 17.5 Å². The molecule has 1 aromatic heterocycles. The van der Waals surface area contributed by atoms with Crippen LogP contribution in [0.1, 0.15) is 107 Å². The first-order valence-corrected chi connectivity index (χ1v) is 24.7. The summed E-state index contributed by atoms with van der Waals surface area (Å²) in [7, 11) is 0. The molecule has 4 amide bonds. The van der Waals surface area contributed by atoms with E-state index in [4.69, 9.17) is 16.3 Å². The number of ether oxygens (including phenoxy) is 1. The molecule has 9 rings (SSSR count). The van der Waals surface area contributed by atoms with E-state index in [9.17, 15) is 29.2 Å². The van der Waals surface area contributed by atoms with Crippen molar-refractivity contribution in [1.29, 1.82) is 5.26 Å². The summed E-state index contributed by atoms with van der Waals surface area (Å²) in [5.41, 5.74) is 2.05. The lowest BCUT2D eigenvalue weighted by molar-refractivity contribution is -0.164. The molecular weight excluding hydrogens is 894 g/mol. The highest BCUT2D eigenvalue weighted by Crippen LogP contribution is 2.55. The molecule has 5 aliphatic rings. The van der Waals surface area contributed by atoms with Gasteiger partial charge in [0.05, 0.1) is 16.0 Å². The Morgan fingerprint density at radius 3 is 2.25 bits per heavy atom. The second kappa shape index (κ2) is 19.6. The third-order valence-corrected chi connectivity index (χ3v) is 15.7. The van der Waals surface area contributed by atoms with Gasteiger partial charge in [-0.1, -0.05) is 56.4 Å². The highest BCUT2D eigenvalue weighted by Gasteiger charge is 2.64. The largest absolute Gasteiger partial charge is 0.489 e. The number of piperidine rings is 4. The van der Waals surface area contributed by atoms with Crippen molar-refractivity contribution >= 4 is 51.8 Å². The number of likely N-dealkylation sites (tertiary alicyclic amines) is 2. The van der Waals surface area contributed by atoms with Crippen LogP contribution in [0, 0.1) is 51.8 Å². The van der Waals surface area contributed by atoms with Crippen molar-refractivity contribution in [1.82, 2.24) is 35.4 Å². The molecule has 16 heteroatoms. The van der Waals surface area contributed by atoms with Crippen LogP contribution in [0.5, 0.6) is 5.75 Å². The van der Waals surface area contributed by atoms with E-state index in [2.05, 4.69) is 81.3 Å². The van der Waals surface area contributed by atoms with Gasteiger partial charge in [-0.25, -0.2) is 0 Å². The fourth-order valence-corrected chi connectivity index (χ4v) is 11.9. The maximum absolute atomic E-state index is 13.7. The number of nitrogens with zero attached hydrogens (tertiary/aromatic N) is 7. The number of halogens is 1. The number of fused-ring (bicyclic) bond motifs is 1. The van der Waals surface area contributed by atoms with Gasteiger partial charge in [-0.15, -0.1) is 5.10 Å². The molecule has 4 aromatic rings. The molecule has 4 saturated heterocycles. The quantitative estimate of drug-likeness (QED) is 0.146. The Hall–Kier alpha value is -6.29. The Balaban J connectivity index is 0.687. The number of hydrogen-bond donors (Lipinski definition) is 2. The number of carbonyl (C=O) groups excluding carboxylic acids is 4. The van der Waals surface area contributed by atoms with E-state index in [0.29, 0.717) is 57.7 Å². The van der Waals surface area contributed by atoms with Crippen LogP contribution in [-0.2, 0) is 14.4 Å². The fraction of sp³-hybridized carbons (Fsp3) is 0.509. The van der Waals surface area contributed by atoms with Crippen LogP contribution in [0.3, 0.4) is 0 Å². The van der Waals surface area contributed by atoms with Crippen molar-refractivity contribution in [2.75, 3.05) is 50.7 Å². The molecule has 5 fully saturated rings. The Morgan fingerprint density at radius 2 is 1.58 bits per heavy atom. The summed E-state index contributed by atoms with van der Waals surface area (Å²) in [4.78, 5) is 71.5. The number of imide groups is 1. The van der Waals surface area contributed by atoms with Crippen LogP contribution >= 0.6 is 11.6 Å². The van der Waals surface area contributed by atoms with Gasteiger partial charge in [0.2, 0.25) is 11.8 Å². The molecule has 1 aliphatic carbocycles. The van der Waals surface area contributed by atoms with Crippen molar-refractivity contribution in [3.8, 4) is 23.7 Å². The molecule has 1 saturated carbocycles. The number of nitriles is 1. The summed E-state index contributed by atoms with van der Waals surface area (Å²) < 4.78 is 7.46. The van der Waals surface area contributed by atoms with Gasteiger partial charge in [-0.05, 0) is 119 Å². The minimum Gasteiger partial charge on any atom is -0.489 e. The van der Waals surface area contributed by atoms with Crippen molar-refractivity contribution in [2.24, 2.45) is 28.6 Å². The number of anilines is 1. The third kappa shape index (κ3) is 9.95. The Labute approximate surface area is 407 Å². The molecule has 360 valence electrons. The number of amides is 4. The van der Waals surface area contributed by atoms with Gasteiger partial charge in [0.15, 0.2) is 0 Å². The third-order valence-electron chi connectivity index (χ3n) is 15.4. The van der Waals surface area contributed by atoms with E-state index in [0.717, 1.165) is 87.2 Å². The first-order valence-electron chi connectivity index (χ1n) is 24.4. The fourth-order valence-electron chi connectivity index (χ4n) is 11.7. The number of nitrogens with one attached hydrogen (secondary N) is 2. The lowest BCUT2D eigenvalue weighted by atomic mass is 9.49. The number of hydrogen-bond acceptors (Lipinski definition) is 11. The minimum atomic E-state index is -0.878. The predicted molar refractivity (Wildman–Crippen MR) is 261 cm³/mol. The summed E-state index contributed by atoms with van der Waals surface area (Å²) in [5.74, 6) is 7.53. The van der Waals surface area contributed by atoms with Crippen LogP contribution in [0.15, 0.2) is 65.5 Å². The summed E-state index contributed by atoms with van der Waals surface area (Å²) in [6, 6.07) is 19.2. The molecule has 3 aromatic carbocycles. The Morgan fingerprint density at radius 1 is 0.870 bits per heavy atom. The van der Waals surface area contributed by atoms with Gasteiger partial charge in [0.25, 0.3) is 17.4 Å². The van der Waals surface area contributed by atoms with Crippen molar-refractivity contribution in [2.45, 2.75) is 97.2 Å². The summed E-state index contributed by atoms with van der Waals surface area (Å²) >= 11 is 6.26. The highest BCUT2D eigenvalue weighted by molar-refractivity contribution is 6.31. The zero-order chi connectivity index (χ0) is 48.6. The molecule has 1 atom stereocenters. The van der Waals surface area contributed by atoms with Gasteiger partial charge in [0, 0.05) is 90.7 Å². The van der Waals surface area contributed by atoms with Crippen molar-refractivity contribution < 1.29 is 23.9 Å². The summed E-state index contributed by atoms with van der Waals surface area (Å²) in [6.45, 7) is 14.4. The average molecular weight is 955 g/mol. The molecule has 0 spiro atoms. The predicted octanol–water partition coefficient (Wildman–Crippen LogP) is 6.12. The number of aromatic nitrogens is 3. The maximum atomic E-state index is 13.7. The molecule has 0 radical (unpaired) electrons. The molecule has 0 bridgehead atoms. The van der Waals surface area contributed by atoms with E-state index in [-0.39, 0.29) is 59.5 Å². The van der Waals surface area contributed by atoms with Gasteiger partial charge in [0.1, 0.15) is 29.5 Å². The normalized spacial score (nSPS) is 23.3. The topological polar surface area (TPSA) is 183 Å². The second-order valence-electron chi connectivity index (χ2n) is 20.8. The monoisotopic (exact) mass is 953 g/mol. The standard InChI is InChI=1S/C53H60ClN9O6/c1-52(2)50(53(3,4)51(52)69-40-13-11-38(31-55)42(54)30-40)57-46(65)36-9-7-33(8-10-36)5-6-34-17-23-60(24-18-34)32-35-19-25-62(26-20-35)48(67)37-21-27-61(28-22-37)39-12-14-43-41(29-39)49(68)63(59-58-43)44-15-16-45(64)56-47(44)66/h7-14,29-30,34-35,37,44,50-51H,15-28,32H2,1-4H3,(H,57,65)(H,56,64,66). The zero-order valence-electron chi connectivity index (χ0n) is 39.8. The molecule has 15 nitrogen and oxygen atoms in total. The van der Waals surface area contributed by atoms with Crippen molar-refractivity contribution in [3.05, 3.63) is 92.7 Å². The van der Waals surface area contributed by atoms with Crippen LogP contribution in [-0.4, -0.2) is 106 Å². The Kier molecular flexibility index (Phi) is 13.6. The first-order chi connectivity index (χ1) is 33.1. The van der Waals surface area contributed by atoms with Gasteiger partial charge in [-0.2, -0.15) is 9.94 Å². The number of rotatable bonds is 9. The Bertz CT molecular complexity index is 2790. The zero-order valence-corrected chi connectivity index (χ0v) is 40.6. The maximum Gasteiger partial charge on any atom is 0.278 e. The van der Waals surface area contributed by atoms with Crippen LogP contribution in [0.25, 0.3) is 10.9 Å². The second-order valence-corrected chi connectivity index (χ2v) is 21.2. The van der Waals surface area contributed by atoms with Gasteiger partial charge >= 0.3 is 0 Å². The van der Waals surface area contributed by atoms with Gasteiger partial charge < -0.3 is 24.8 Å². The smallest absolute Gasteiger partial charge is 0.278 e. The SMILES string of the molecule is CC1(C)C(NC(=O)c2ccc(C#CC3CCN(CC4CCN(C(=O)C5CCN(c6ccc7nnn(C8CCC(=O)NC8=O)c(=O)c7c6)CC5)CC4)CC3)cc2)C(C)(C)C1Oc1ccc(C#N)c(Cl)c1. The summed E-state index contributed by atoms with van der Waals surface area (Å²) in [6.07, 6.45) is 5.69. The van der Waals surface area contributed by atoms with E-state index >= 15 is 0 Å². The summed E-state index contributed by atoms with van der Waals surface area (Å²) in [5, 5.41) is 23.7. The van der Waals surface area contributed by atoms with Crippen LogP contribution in [0.4, 0.5) is 5.69 Å². The minimum absolute atomic E-state index is 0.0251. The lowest BCUT2D eigenvalue weighted by Gasteiger charge is -2.63.